The summed E-state index contributed by atoms with van der Waals surface area (Å²) in [5.74, 6) is 0. The van der Waals surface area contributed by atoms with Gasteiger partial charge in [-0.1, -0.05) is 37.3 Å². The summed E-state index contributed by atoms with van der Waals surface area (Å²) in [7, 11) is 5.81. The van der Waals surface area contributed by atoms with E-state index in [2.05, 4.69) is 36.6 Å². The molecule has 0 saturated heterocycles. The summed E-state index contributed by atoms with van der Waals surface area (Å²) in [4.78, 5) is 13.3. The molecule has 0 bridgehead atoms. The molecule has 0 fully saturated rings. The van der Waals surface area contributed by atoms with Crippen LogP contribution in [-0.2, 0) is 34.0 Å². The normalized spacial score (nSPS) is 13.5. The molecule has 0 aliphatic rings. The van der Waals surface area contributed by atoms with Gasteiger partial charge in [-0.05, 0) is 63.4 Å². The van der Waals surface area contributed by atoms with Crippen molar-refractivity contribution in [2.45, 2.75) is 37.8 Å². The number of halogens is 6. The summed E-state index contributed by atoms with van der Waals surface area (Å²) in [6, 6.07) is 9.97. The number of carbonyl (C=O) groups is 1. The van der Waals surface area contributed by atoms with Crippen molar-refractivity contribution in [2.24, 2.45) is 0 Å². The smallest absolute Gasteiger partial charge is 0.374 e. The van der Waals surface area contributed by atoms with E-state index in [4.69, 9.17) is 4.74 Å². The van der Waals surface area contributed by atoms with Gasteiger partial charge in [0.25, 0.3) is 0 Å². The Morgan fingerprint density at radius 2 is 1.47 bits per heavy atom. The van der Waals surface area contributed by atoms with Crippen LogP contribution >= 0.6 is 0 Å². The average Bonchev–Trinajstić information content (AvgIpc) is 2.79. The van der Waals surface area contributed by atoms with Gasteiger partial charge in [0.2, 0.25) is 6.41 Å². The fraction of sp³-hybridized carbons (Fsp3) is 0.480. The van der Waals surface area contributed by atoms with Crippen molar-refractivity contribution in [3.8, 4) is 0 Å². The lowest BCUT2D eigenvalue weighted by Crippen LogP contribution is -2.52. The Kier molecular flexibility index (Phi) is 12.4. The van der Waals surface area contributed by atoms with Gasteiger partial charge in [0.05, 0.1) is 24.3 Å². The number of likely N-dealkylation sites (N-methyl/N-ethyl adjacent to an activating group) is 1. The van der Waals surface area contributed by atoms with E-state index in [0.29, 0.717) is 24.1 Å². The van der Waals surface area contributed by atoms with Crippen LogP contribution in [0.5, 0.6) is 0 Å². The summed E-state index contributed by atoms with van der Waals surface area (Å²) in [6.07, 6.45) is -8.16. The Morgan fingerprint density at radius 1 is 0.917 bits per heavy atom. The van der Waals surface area contributed by atoms with E-state index in [1.165, 1.54) is 13.0 Å². The highest BCUT2D eigenvalue weighted by molar-refractivity contribution is 5.50. The first kappa shape index (κ1) is 31.4. The van der Waals surface area contributed by atoms with Crippen molar-refractivity contribution in [3.63, 3.8) is 0 Å². The van der Waals surface area contributed by atoms with Crippen molar-refractivity contribution in [1.29, 1.82) is 0 Å². The van der Waals surface area contributed by atoms with Crippen LogP contribution in [0.4, 0.5) is 26.3 Å². The van der Waals surface area contributed by atoms with Crippen molar-refractivity contribution in [3.05, 3.63) is 70.8 Å². The Bertz CT molecular complexity index is 888. The first-order valence-corrected chi connectivity index (χ1v) is 11.2. The van der Waals surface area contributed by atoms with Crippen LogP contribution < -0.4 is 10.6 Å². The molecule has 0 aromatic heterocycles. The third kappa shape index (κ3) is 10.2. The molecule has 2 rings (SSSR count). The van der Waals surface area contributed by atoms with Crippen LogP contribution in [0.25, 0.3) is 0 Å². The predicted octanol–water partition coefficient (Wildman–Crippen LogP) is 5.06. The van der Waals surface area contributed by atoms with Gasteiger partial charge in [0, 0.05) is 6.54 Å². The maximum atomic E-state index is 13.0. The van der Waals surface area contributed by atoms with Gasteiger partial charge in [-0.15, -0.1) is 0 Å². The van der Waals surface area contributed by atoms with Gasteiger partial charge in [-0.25, -0.2) is 0 Å². The third-order valence-corrected chi connectivity index (χ3v) is 5.08. The summed E-state index contributed by atoms with van der Waals surface area (Å²) in [5, 5.41) is 5.54. The monoisotopic (exact) mass is 521 g/mol. The zero-order valence-corrected chi connectivity index (χ0v) is 20.8. The van der Waals surface area contributed by atoms with Crippen LogP contribution in [0.15, 0.2) is 48.5 Å². The summed E-state index contributed by atoms with van der Waals surface area (Å²) >= 11 is 0. The Morgan fingerprint density at radius 3 is 1.86 bits per heavy atom. The molecule has 0 spiro atoms. The summed E-state index contributed by atoms with van der Waals surface area (Å²) in [5.41, 5.74) is -3.51. The molecule has 2 N–H and O–H groups in total. The molecule has 202 valence electrons. The quantitative estimate of drug-likeness (QED) is 0.321. The number of nitrogens with zero attached hydrogens (tertiary/aromatic N) is 1. The molecule has 0 radical (unpaired) electrons. The van der Waals surface area contributed by atoms with Gasteiger partial charge in [0.15, 0.2) is 0 Å². The van der Waals surface area contributed by atoms with Crippen molar-refractivity contribution in [2.75, 3.05) is 40.8 Å². The zero-order valence-electron chi connectivity index (χ0n) is 20.8. The number of hydrogen-bond acceptors (Lipinski definition) is 4. The van der Waals surface area contributed by atoms with Crippen LogP contribution in [0.2, 0.25) is 0 Å². The van der Waals surface area contributed by atoms with E-state index >= 15 is 0 Å². The second-order valence-electron chi connectivity index (χ2n) is 8.45. The fourth-order valence-corrected chi connectivity index (χ4v) is 3.48. The molecular formula is C25H33F6N3O2. The molecule has 2 aromatic carbocycles. The van der Waals surface area contributed by atoms with Gasteiger partial charge in [0.1, 0.15) is 5.54 Å². The number of nitrogens with one attached hydrogen (secondary N) is 2. The Balaban J connectivity index is 0.000000960. The number of benzene rings is 2. The number of alkyl halides is 6. The molecule has 11 heteroatoms. The Hall–Kier alpha value is -2.63. The molecule has 1 amide bonds. The van der Waals surface area contributed by atoms with Crippen molar-refractivity contribution in [1.82, 2.24) is 15.5 Å². The molecule has 1 atom stereocenters. The molecular weight excluding hydrogens is 488 g/mol. The van der Waals surface area contributed by atoms with E-state index in [-0.39, 0.29) is 24.8 Å². The van der Waals surface area contributed by atoms with Crippen LogP contribution in [0.3, 0.4) is 0 Å². The van der Waals surface area contributed by atoms with Crippen LogP contribution in [0, 0.1) is 0 Å². The standard InChI is InChI=1S/C20H20F6N2O2.C5H13N/c1-27-11-18(28-13-29,15-5-3-2-4-6-15)12-30-10-14-7-16(19(21,22)23)9-17(8-14)20(24,25)26;1-4-5-6(2)3/h2-9,13,27H,10-12H2,1H3,(H,28,29);4-5H2,1-3H3. The largest absolute Gasteiger partial charge is 0.416 e. The number of amides is 1. The number of hydrogen-bond donors (Lipinski definition) is 2. The number of rotatable bonds is 11. The zero-order chi connectivity index (χ0) is 27.4. The van der Waals surface area contributed by atoms with Gasteiger partial charge < -0.3 is 20.3 Å². The molecule has 0 heterocycles. The lowest BCUT2D eigenvalue weighted by atomic mass is 9.90. The van der Waals surface area contributed by atoms with E-state index in [1.807, 2.05) is 0 Å². The summed E-state index contributed by atoms with van der Waals surface area (Å²) in [6.45, 7) is 2.91. The molecule has 1 unspecified atom stereocenters. The number of carbonyl (C=O) groups excluding carboxylic acids is 1. The van der Waals surface area contributed by atoms with E-state index in [9.17, 15) is 31.1 Å². The van der Waals surface area contributed by atoms with Crippen LogP contribution in [-0.4, -0.2) is 52.1 Å². The molecule has 0 saturated carbocycles. The third-order valence-electron chi connectivity index (χ3n) is 5.08. The minimum Gasteiger partial charge on any atom is -0.374 e. The summed E-state index contributed by atoms with van der Waals surface area (Å²) < 4.78 is 83.5. The molecule has 5 nitrogen and oxygen atoms in total. The molecule has 0 aliphatic heterocycles. The Labute approximate surface area is 207 Å². The van der Waals surface area contributed by atoms with Crippen molar-refractivity contribution >= 4 is 6.41 Å². The SMILES string of the molecule is CCCN(C)C.CNCC(COCc1cc(C(F)(F)F)cc(C(F)(F)F)c1)(NC=O)c1ccccc1. The van der Waals surface area contributed by atoms with Gasteiger partial charge in [-0.3, -0.25) is 4.79 Å². The maximum Gasteiger partial charge on any atom is 0.416 e. The molecule has 0 aliphatic carbocycles. The first-order chi connectivity index (χ1) is 16.8. The highest BCUT2D eigenvalue weighted by atomic mass is 19.4. The van der Waals surface area contributed by atoms with Gasteiger partial charge in [-0.2, -0.15) is 26.3 Å². The molecule has 36 heavy (non-hydrogen) atoms. The first-order valence-electron chi connectivity index (χ1n) is 11.2. The second-order valence-corrected chi connectivity index (χ2v) is 8.45. The second kappa shape index (κ2) is 14.2. The lowest BCUT2D eigenvalue weighted by Gasteiger charge is -2.33. The highest BCUT2D eigenvalue weighted by Crippen LogP contribution is 2.36. The molecule has 2 aromatic rings. The van der Waals surface area contributed by atoms with E-state index < -0.39 is 35.6 Å². The predicted molar refractivity (Wildman–Crippen MR) is 126 cm³/mol. The lowest BCUT2D eigenvalue weighted by molar-refractivity contribution is -0.143. The van der Waals surface area contributed by atoms with E-state index in [1.54, 1.807) is 37.4 Å². The maximum absolute atomic E-state index is 13.0. The number of ether oxygens (including phenoxy) is 1. The van der Waals surface area contributed by atoms with E-state index in [0.717, 1.165) is 0 Å². The van der Waals surface area contributed by atoms with Crippen molar-refractivity contribution < 1.29 is 35.9 Å². The highest BCUT2D eigenvalue weighted by Gasteiger charge is 2.37. The minimum atomic E-state index is -4.94. The van der Waals surface area contributed by atoms with Crippen LogP contribution in [0.1, 0.15) is 35.6 Å². The topological polar surface area (TPSA) is 53.6 Å². The minimum absolute atomic E-state index is 0.0622. The van der Waals surface area contributed by atoms with Gasteiger partial charge >= 0.3 is 12.4 Å². The fourth-order valence-electron chi connectivity index (χ4n) is 3.48. The average molecular weight is 522 g/mol.